The van der Waals surface area contributed by atoms with E-state index < -0.39 is 5.97 Å². The molecule has 0 spiro atoms. The largest absolute Gasteiger partial charge is 0.481 e. The minimum Gasteiger partial charge on any atom is -0.481 e. The summed E-state index contributed by atoms with van der Waals surface area (Å²) in [6, 6.07) is 0. The summed E-state index contributed by atoms with van der Waals surface area (Å²) in [5, 5.41) is 8.43. The van der Waals surface area contributed by atoms with Crippen LogP contribution in [0, 0.1) is 0 Å². The van der Waals surface area contributed by atoms with E-state index in [1.807, 2.05) is 0 Å². The van der Waals surface area contributed by atoms with Crippen LogP contribution in [0.5, 0.6) is 0 Å². The molecule has 0 aliphatic carbocycles. The molecule has 0 radical (unpaired) electrons. The van der Waals surface area contributed by atoms with E-state index in [9.17, 15) is 4.79 Å². The number of rotatable bonds is 9. The second kappa shape index (κ2) is 8.79. The van der Waals surface area contributed by atoms with Crippen LogP contribution in [0.4, 0.5) is 0 Å². The van der Waals surface area contributed by atoms with Crippen molar-refractivity contribution in [2.24, 2.45) is 0 Å². The Bertz CT molecular complexity index is 173. The van der Waals surface area contributed by atoms with Crippen molar-refractivity contribution in [3.8, 4) is 0 Å². The Morgan fingerprint density at radius 3 is 2.07 bits per heavy atom. The van der Waals surface area contributed by atoms with Crippen molar-refractivity contribution < 1.29 is 9.90 Å². The lowest BCUT2D eigenvalue weighted by molar-refractivity contribution is -0.137. The van der Waals surface area contributed by atoms with Crippen molar-refractivity contribution in [2.45, 2.75) is 58.3 Å². The Labute approximate surface area is 87.0 Å². The van der Waals surface area contributed by atoms with Crippen LogP contribution >= 0.6 is 0 Å². The first kappa shape index (κ1) is 13.2. The van der Waals surface area contributed by atoms with Crippen molar-refractivity contribution in [3.63, 3.8) is 0 Å². The van der Waals surface area contributed by atoms with Crippen LogP contribution in [-0.2, 0) is 4.79 Å². The molecule has 0 bridgehead atoms. The van der Waals surface area contributed by atoms with E-state index in [4.69, 9.17) is 5.11 Å². The summed E-state index contributed by atoms with van der Waals surface area (Å²) < 4.78 is 0. The molecule has 0 heterocycles. The normalized spacial score (nSPS) is 10.1. The first-order valence-electron chi connectivity index (χ1n) is 5.55. The van der Waals surface area contributed by atoms with E-state index >= 15 is 0 Å². The summed E-state index contributed by atoms with van der Waals surface area (Å²) in [5.41, 5.74) is 1.28. The summed E-state index contributed by atoms with van der Waals surface area (Å²) in [5.74, 6) is -0.693. The number of carboxylic acids is 1. The molecule has 0 saturated carbocycles. The maximum Gasteiger partial charge on any atom is 0.303 e. The van der Waals surface area contributed by atoms with Crippen LogP contribution in [0.1, 0.15) is 58.3 Å². The van der Waals surface area contributed by atoms with Gasteiger partial charge in [0, 0.05) is 6.42 Å². The van der Waals surface area contributed by atoms with Gasteiger partial charge in [0.05, 0.1) is 0 Å². The summed E-state index contributed by atoms with van der Waals surface area (Å²) in [6.07, 6.45) is 7.90. The van der Waals surface area contributed by atoms with E-state index in [1.54, 1.807) is 0 Å². The Morgan fingerprint density at radius 2 is 1.57 bits per heavy atom. The van der Waals surface area contributed by atoms with Gasteiger partial charge in [-0.05, 0) is 32.1 Å². The molecule has 2 heteroatoms. The third-order valence-corrected chi connectivity index (χ3v) is 2.30. The first-order chi connectivity index (χ1) is 6.66. The Kier molecular flexibility index (Phi) is 8.30. The van der Waals surface area contributed by atoms with Gasteiger partial charge in [-0.15, -0.1) is 0 Å². The van der Waals surface area contributed by atoms with Crippen molar-refractivity contribution >= 4 is 5.97 Å². The molecule has 0 rings (SSSR count). The highest BCUT2D eigenvalue weighted by atomic mass is 16.4. The number of hydrogen-bond acceptors (Lipinski definition) is 1. The molecule has 14 heavy (non-hydrogen) atoms. The number of carboxylic acid groups (broad SMARTS) is 1. The lowest BCUT2D eigenvalue weighted by Gasteiger charge is -2.04. The van der Waals surface area contributed by atoms with Gasteiger partial charge in [-0.2, -0.15) is 0 Å². The maximum atomic E-state index is 10.2. The van der Waals surface area contributed by atoms with Crippen LogP contribution in [0.15, 0.2) is 12.2 Å². The Hall–Kier alpha value is -0.790. The highest BCUT2D eigenvalue weighted by molar-refractivity contribution is 5.66. The van der Waals surface area contributed by atoms with Gasteiger partial charge in [0.1, 0.15) is 0 Å². The minimum atomic E-state index is -0.693. The smallest absolute Gasteiger partial charge is 0.303 e. The van der Waals surface area contributed by atoms with Crippen LogP contribution < -0.4 is 0 Å². The number of allylic oxidation sites excluding steroid dienone is 1. The van der Waals surface area contributed by atoms with Gasteiger partial charge in [-0.25, -0.2) is 0 Å². The Morgan fingerprint density at radius 1 is 1.07 bits per heavy atom. The average molecular weight is 198 g/mol. The van der Waals surface area contributed by atoms with E-state index in [0.29, 0.717) is 6.42 Å². The molecule has 0 atom stereocenters. The molecule has 0 aromatic heterocycles. The number of carbonyl (C=O) groups is 1. The highest BCUT2D eigenvalue weighted by Crippen LogP contribution is 2.14. The van der Waals surface area contributed by atoms with Gasteiger partial charge < -0.3 is 5.11 Å². The summed E-state index contributed by atoms with van der Waals surface area (Å²) in [6.45, 7) is 6.19. The van der Waals surface area contributed by atoms with Crippen LogP contribution in [0.2, 0.25) is 0 Å². The molecule has 0 unspecified atom stereocenters. The third kappa shape index (κ3) is 9.30. The molecule has 0 aromatic carbocycles. The summed E-state index contributed by atoms with van der Waals surface area (Å²) >= 11 is 0. The molecule has 0 aromatic rings. The monoisotopic (exact) mass is 198 g/mol. The predicted octanol–water partition coefficient (Wildman–Crippen LogP) is 3.77. The fraction of sp³-hybridized carbons (Fsp3) is 0.750. The number of hydrogen-bond donors (Lipinski definition) is 1. The van der Waals surface area contributed by atoms with Gasteiger partial charge in [0.15, 0.2) is 0 Å². The van der Waals surface area contributed by atoms with Gasteiger partial charge in [-0.3, -0.25) is 4.79 Å². The van der Waals surface area contributed by atoms with Crippen molar-refractivity contribution in [2.75, 3.05) is 0 Å². The van der Waals surface area contributed by atoms with Crippen LogP contribution in [0.25, 0.3) is 0 Å². The third-order valence-electron chi connectivity index (χ3n) is 2.30. The lowest BCUT2D eigenvalue weighted by atomic mass is 10.0. The van der Waals surface area contributed by atoms with E-state index in [2.05, 4.69) is 13.5 Å². The van der Waals surface area contributed by atoms with Crippen LogP contribution in [0.3, 0.4) is 0 Å². The molecule has 0 amide bonds. The van der Waals surface area contributed by atoms with Crippen molar-refractivity contribution in [1.29, 1.82) is 0 Å². The number of aliphatic carboxylic acids is 1. The van der Waals surface area contributed by atoms with Gasteiger partial charge >= 0.3 is 5.97 Å². The molecule has 0 saturated heterocycles. The summed E-state index contributed by atoms with van der Waals surface area (Å²) in [4.78, 5) is 10.2. The zero-order chi connectivity index (χ0) is 10.8. The fourth-order valence-corrected chi connectivity index (χ4v) is 1.40. The summed E-state index contributed by atoms with van der Waals surface area (Å²) in [7, 11) is 0. The van der Waals surface area contributed by atoms with Gasteiger partial charge in [0.2, 0.25) is 0 Å². The molecular weight excluding hydrogens is 176 g/mol. The fourth-order valence-electron chi connectivity index (χ4n) is 1.40. The molecular formula is C12H22O2. The second-order valence-corrected chi connectivity index (χ2v) is 3.81. The molecule has 0 aliphatic rings. The molecule has 1 N–H and O–H groups in total. The molecule has 0 aliphatic heterocycles. The quantitative estimate of drug-likeness (QED) is 0.452. The zero-order valence-corrected chi connectivity index (χ0v) is 9.22. The Balaban J connectivity index is 3.22. The minimum absolute atomic E-state index is 0.294. The first-order valence-corrected chi connectivity index (χ1v) is 5.55. The second-order valence-electron chi connectivity index (χ2n) is 3.81. The maximum absolute atomic E-state index is 10.2. The molecule has 0 fully saturated rings. The standard InChI is InChI=1S/C12H22O2/c1-3-4-5-8-11(2)9-6-7-10-12(13)14/h2-10H2,1H3,(H,13,14). The molecule has 82 valence electrons. The van der Waals surface area contributed by atoms with Crippen molar-refractivity contribution in [1.82, 2.24) is 0 Å². The topological polar surface area (TPSA) is 37.3 Å². The predicted molar refractivity (Wildman–Crippen MR) is 59.4 cm³/mol. The van der Waals surface area contributed by atoms with Gasteiger partial charge in [-0.1, -0.05) is 31.9 Å². The van der Waals surface area contributed by atoms with Crippen LogP contribution in [-0.4, -0.2) is 11.1 Å². The highest BCUT2D eigenvalue weighted by Gasteiger charge is 1.98. The molecule has 2 nitrogen and oxygen atoms in total. The van der Waals surface area contributed by atoms with E-state index in [0.717, 1.165) is 25.7 Å². The number of unbranched alkanes of at least 4 members (excludes halogenated alkanes) is 3. The SMILES string of the molecule is C=C(CCCCC)CCCCC(=O)O. The van der Waals surface area contributed by atoms with E-state index in [1.165, 1.54) is 24.8 Å². The van der Waals surface area contributed by atoms with E-state index in [-0.39, 0.29) is 0 Å². The average Bonchev–Trinajstić information content (AvgIpc) is 2.13. The zero-order valence-electron chi connectivity index (χ0n) is 9.22. The van der Waals surface area contributed by atoms with Gasteiger partial charge in [0.25, 0.3) is 0 Å². The lowest BCUT2D eigenvalue weighted by Crippen LogP contribution is -1.94. The van der Waals surface area contributed by atoms with Crippen molar-refractivity contribution in [3.05, 3.63) is 12.2 Å².